The molecule has 1 aliphatic rings. The molecule has 1 aromatic rings. The molecule has 4 heteroatoms. The molecule has 0 spiro atoms. The van der Waals surface area contributed by atoms with Gasteiger partial charge in [0.2, 0.25) is 0 Å². The highest BCUT2D eigenvalue weighted by atomic mass is 19.1. The summed E-state index contributed by atoms with van der Waals surface area (Å²) in [6.07, 6.45) is 4.36. The smallest absolute Gasteiger partial charge is 0.130 e. The van der Waals surface area contributed by atoms with Gasteiger partial charge in [0.15, 0.2) is 0 Å². The SMILES string of the molecule is CC1CCC(C(NN)c2ccc(F)cc2F)CC1. The standard InChI is InChI=1S/C14H20F2N2/c1-9-2-4-10(5-3-9)14(18-17)12-7-6-11(15)8-13(12)16/h6-10,14,18H,2-5,17H2,1H3. The van der Waals surface area contributed by atoms with Crippen molar-refractivity contribution in [3.05, 3.63) is 35.4 Å². The number of hydrogen-bond acceptors (Lipinski definition) is 2. The molecule has 2 nitrogen and oxygen atoms in total. The summed E-state index contributed by atoms with van der Waals surface area (Å²) in [5.74, 6) is 5.56. The predicted octanol–water partition coefficient (Wildman–Crippen LogP) is 3.30. The van der Waals surface area contributed by atoms with Gasteiger partial charge in [0.1, 0.15) is 11.6 Å². The van der Waals surface area contributed by atoms with E-state index in [1.165, 1.54) is 12.1 Å². The zero-order valence-electron chi connectivity index (χ0n) is 10.6. The van der Waals surface area contributed by atoms with Gasteiger partial charge in [0.05, 0.1) is 6.04 Å². The molecule has 1 aliphatic carbocycles. The third-order valence-corrected chi connectivity index (χ3v) is 4.01. The van der Waals surface area contributed by atoms with Gasteiger partial charge in [0, 0.05) is 11.6 Å². The van der Waals surface area contributed by atoms with Crippen LogP contribution in [0.15, 0.2) is 18.2 Å². The quantitative estimate of drug-likeness (QED) is 0.641. The average Bonchev–Trinajstić information content (AvgIpc) is 2.35. The van der Waals surface area contributed by atoms with Crippen LogP contribution < -0.4 is 11.3 Å². The molecular formula is C14H20F2N2. The molecule has 1 unspecified atom stereocenters. The van der Waals surface area contributed by atoms with Crippen molar-refractivity contribution in [1.82, 2.24) is 5.43 Å². The zero-order valence-corrected chi connectivity index (χ0v) is 10.6. The van der Waals surface area contributed by atoms with Gasteiger partial charge in [-0.1, -0.05) is 25.8 Å². The molecule has 0 aromatic heterocycles. The van der Waals surface area contributed by atoms with Crippen LogP contribution in [0.5, 0.6) is 0 Å². The van der Waals surface area contributed by atoms with Crippen molar-refractivity contribution in [2.24, 2.45) is 17.7 Å². The minimum Gasteiger partial charge on any atom is -0.271 e. The van der Waals surface area contributed by atoms with E-state index in [-0.39, 0.29) is 6.04 Å². The normalized spacial score (nSPS) is 26.0. The Balaban J connectivity index is 2.17. The van der Waals surface area contributed by atoms with Gasteiger partial charge in [-0.15, -0.1) is 0 Å². The summed E-state index contributed by atoms with van der Waals surface area (Å²) in [5.41, 5.74) is 3.17. The molecule has 0 amide bonds. The second-order valence-corrected chi connectivity index (χ2v) is 5.33. The summed E-state index contributed by atoms with van der Waals surface area (Å²) in [4.78, 5) is 0. The molecule has 0 radical (unpaired) electrons. The first-order valence-electron chi connectivity index (χ1n) is 6.53. The van der Waals surface area contributed by atoms with Crippen molar-refractivity contribution in [3.63, 3.8) is 0 Å². The maximum absolute atomic E-state index is 13.8. The molecule has 1 aromatic carbocycles. The van der Waals surface area contributed by atoms with Crippen molar-refractivity contribution in [1.29, 1.82) is 0 Å². The van der Waals surface area contributed by atoms with E-state index in [2.05, 4.69) is 12.3 Å². The molecule has 0 heterocycles. The number of nitrogens with one attached hydrogen (secondary N) is 1. The van der Waals surface area contributed by atoms with Crippen molar-refractivity contribution in [2.45, 2.75) is 38.6 Å². The Labute approximate surface area is 107 Å². The van der Waals surface area contributed by atoms with E-state index in [4.69, 9.17) is 5.84 Å². The van der Waals surface area contributed by atoms with Crippen molar-refractivity contribution < 1.29 is 8.78 Å². The summed E-state index contributed by atoms with van der Waals surface area (Å²) < 4.78 is 26.7. The third-order valence-electron chi connectivity index (χ3n) is 4.01. The zero-order chi connectivity index (χ0) is 13.1. The van der Waals surface area contributed by atoms with Gasteiger partial charge >= 0.3 is 0 Å². The number of nitrogens with two attached hydrogens (primary N) is 1. The van der Waals surface area contributed by atoms with Crippen LogP contribution in [-0.2, 0) is 0 Å². The van der Waals surface area contributed by atoms with Crippen molar-refractivity contribution in [3.8, 4) is 0 Å². The molecule has 1 saturated carbocycles. The largest absolute Gasteiger partial charge is 0.271 e. The maximum Gasteiger partial charge on any atom is 0.130 e. The molecule has 0 aliphatic heterocycles. The molecule has 1 atom stereocenters. The molecule has 3 N–H and O–H groups in total. The fourth-order valence-electron chi connectivity index (χ4n) is 2.85. The van der Waals surface area contributed by atoms with Gasteiger partial charge in [-0.25, -0.2) is 8.78 Å². The monoisotopic (exact) mass is 254 g/mol. The van der Waals surface area contributed by atoms with Crippen LogP contribution in [0.2, 0.25) is 0 Å². The molecule has 0 saturated heterocycles. The lowest BCUT2D eigenvalue weighted by Crippen LogP contribution is -2.35. The van der Waals surface area contributed by atoms with Gasteiger partial charge in [-0.2, -0.15) is 0 Å². The van der Waals surface area contributed by atoms with E-state index < -0.39 is 11.6 Å². The van der Waals surface area contributed by atoms with Crippen LogP contribution in [-0.4, -0.2) is 0 Å². The van der Waals surface area contributed by atoms with Crippen molar-refractivity contribution >= 4 is 0 Å². The summed E-state index contributed by atoms with van der Waals surface area (Å²) in [5, 5.41) is 0. The number of hydrazine groups is 1. The minimum absolute atomic E-state index is 0.224. The van der Waals surface area contributed by atoms with Crippen LogP contribution in [0.1, 0.15) is 44.2 Å². The Morgan fingerprint density at radius 1 is 1.22 bits per heavy atom. The first kappa shape index (κ1) is 13.4. The fraction of sp³-hybridized carbons (Fsp3) is 0.571. The van der Waals surface area contributed by atoms with Crippen molar-refractivity contribution in [2.75, 3.05) is 0 Å². The Morgan fingerprint density at radius 3 is 2.44 bits per heavy atom. The van der Waals surface area contributed by atoms with E-state index in [1.807, 2.05) is 0 Å². The lowest BCUT2D eigenvalue weighted by atomic mass is 9.77. The van der Waals surface area contributed by atoms with Gasteiger partial charge < -0.3 is 0 Å². The summed E-state index contributed by atoms with van der Waals surface area (Å²) in [7, 11) is 0. The number of benzene rings is 1. The summed E-state index contributed by atoms with van der Waals surface area (Å²) in [6, 6.07) is 3.48. The highest BCUT2D eigenvalue weighted by molar-refractivity contribution is 5.23. The van der Waals surface area contributed by atoms with E-state index in [0.29, 0.717) is 11.5 Å². The van der Waals surface area contributed by atoms with Crippen LogP contribution >= 0.6 is 0 Å². The summed E-state index contributed by atoms with van der Waals surface area (Å²) in [6.45, 7) is 2.24. The molecule has 2 rings (SSSR count). The Bertz CT molecular complexity index is 401. The van der Waals surface area contributed by atoms with Crippen LogP contribution in [0.3, 0.4) is 0 Å². The van der Waals surface area contributed by atoms with Crippen LogP contribution in [0.25, 0.3) is 0 Å². The van der Waals surface area contributed by atoms with E-state index in [1.54, 1.807) is 0 Å². The van der Waals surface area contributed by atoms with E-state index in [9.17, 15) is 8.78 Å². The molecule has 0 bridgehead atoms. The van der Waals surface area contributed by atoms with Crippen LogP contribution in [0.4, 0.5) is 8.78 Å². The molecule has 1 fully saturated rings. The highest BCUT2D eigenvalue weighted by Gasteiger charge is 2.28. The third kappa shape index (κ3) is 2.87. The molecule has 18 heavy (non-hydrogen) atoms. The lowest BCUT2D eigenvalue weighted by Gasteiger charge is -2.32. The lowest BCUT2D eigenvalue weighted by molar-refractivity contribution is 0.229. The second kappa shape index (κ2) is 5.76. The number of rotatable bonds is 3. The first-order chi connectivity index (χ1) is 8.61. The van der Waals surface area contributed by atoms with Crippen LogP contribution in [0, 0.1) is 23.5 Å². The van der Waals surface area contributed by atoms with Gasteiger partial charge in [-0.05, 0) is 30.7 Å². The second-order valence-electron chi connectivity index (χ2n) is 5.33. The van der Waals surface area contributed by atoms with E-state index >= 15 is 0 Å². The average molecular weight is 254 g/mol. The Hall–Kier alpha value is -1.00. The maximum atomic E-state index is 13.8. The molecule has 100 valence electrons. The number of hydrogen-bond donors (Lipinski definition) is 2. The van der Waals surface area contributed by atoms with Gasteiger partial charge in [0.25, 0.3) is 0 Å². The summed E-state index contributed by atoms with van der Waals surface area (Å²) >= 11 is 0. The highest BCUT2D eigenvalue weighted by Crippen LogP contribution is 2.37. The topological polar surface area (TPSA) is 38.0 Å². The Morgan fingerprint density at radius 2 is 1.89 bits per heavy atom. The number of halogens is 2. The first-order valence-corrected chi connectivity index (χ1v) is 6.53. The minimum atomic E-state index is -0.552. The van der Waals surface area contributed by atoms with Gasteiger partial charge in [-0.3, -0.25) is 11.3 Å². The fourth-order valence-corrected chi connectivity index (χ4v) is 2.85. The Kier molecular flexibility index (Phi) is 4.30. The molecular weight excluding hydrogens is 234 g/mol. The van der Waals surface area contributed by atoms with E-state index in [0.717, 1.165) is 37.7 Å². The predicted molar refractivity (Wildman–Crippen MR) is 67.5 cm³/mol.